The molecule has 4 aromatic rings. The number of alkyl halides is 4. The molecule has 2 N–H and O–H groups in total. The summed E-state index contributed by atoms with van der Waals surface area (Å²) < 4.78 is 65.2. The number of anilines is 1. The summed E-state index contributed by atoms with van der Waals surface area (Å²) in [5.74, 6) is -3.75. The van der Waals surface area contributed by atoms with Gasteiger partial charge in [0.25, 0.3) is 5.56 Å². The SMILES string of the molecule is O=c1[nH]cc(-c2cc(N3C[C@H](Oc4ccc(OC(F)F)cn4)C(F)(F)C3)c3nccn3n2)c(=O)[nH]1. The molecule has 0 spiro atoms. The van der Waals surface area contributed by atoms with E-state index in [1.54, 1.807) is 0 Å². The molecule has 35 heavy (non-hydrogen) atoms. The number of H-pyrrole nitrogens is 2. The highest BCUT2D eigenvalue weighted by molar-refractivity contribution is 5.74. The van der Waals surface area contributed by atoms with Crippen LogP contribution in [0.5, 0.6) is 11.6 Å². The number of hydrogen-bond acceptors (Lipinski definition) is 8. The lowest BCUT2D eigenvalue weighted by Crippen LogP contribution is -2.36. The van der Waals surface area contributed by atoms with E-state index >= 15 is 0 Å². The Hall–Kier alpha value is -4.43. The number of pyridine rings is 1. The summed E-state index contributed by atoms with van der Waals surface area (Å²) in [7, 11) is 0. The highest BCUT2D eigenvalue weighted by atomic mass is 19.3. The number of aromatic amines is 2. The summed E-state index contributed by atoms with van der Waals surface area (Å²) in [6, 6.07) is 3.69. The van der Waals surface area contributed by atoms with Crippen LogP contribution in [0.2, 0.25) is 0 Å². The van der Waals surface area contributed by atoms with Crippen LogP contribution in [0, 0.1) is 0 Å². The van der Waals surface area contributed by atoms with Crippen molar-refractivity contribution >= 4 is 11.3 Å². The smallest absolute Gasteiger partial charge is 0.387 e. The van der Waals surface area contributed by atoms with Gasteiger partial charge in [-0.1, -0.05) is 0 Å². The maximum absolute atomic E-state index is 14.9. The number of ether oxygens (including phenoxy) is 2. The first-order valence-electron chi connectivity index (χ1n) is 10.1. The van der Waals surface area contributed by atoms with Gasteiger partial charge in [-0.3, -0.25) is 9.78 Å². The average Bonchev–Trinajstić information content (AvgIpc) is 3.38. The highest BCUT2D eigenvalue weighted by Gasteiger charge is 2.51. The lowest BCUT2D eigenvalue weighted by atomic mass is 10.2. The lowest BCUT2D eigenvalue weighted by molar-refractivity contribution is -0.0612. The summed E-state index contributed by atoms with van der Waals surface area (Å²) in [5.41, 5.74) is -0.751. The molecule has 0 radical (unpaired) electrons. The van der Waals surface area contributed by atoms with Crippen molar-refractivity contribution in [2.75, 3.05) is 18.0 Å². The van der Waals surface area contributed by atoms with Crippen LogP contribution in [0.4, 0.5) is 23.2 Å². The summed E-state index contributed by atoms with van der Waals surface area (Å²) >= 11 is 0. The second-order valence-electron chi connectivity index (χ2n) is 7.55. The van der Waals surface area contributed by atoms with E-state index in [9.17, 15) is 27.2 Å². The van der Waals surface area contributed by atoms with Gasteiger partial charge in [0.05, 0.1) is 30.5 Å². The molecule has 0 unspecified atom stereocenters. The van der Waals surface area contributed by atoms with Gasteiger partial charge < -0.3 is 19.4 Å². The number of aromatic nitrogens is 6. The van der Waals surface area contributed by atoms with Crippen molar-refractivity contribution in [1.82, 2.24) is 29.5 Å². The summed E-state index contributed by atoms with van der Waals surface area (Å²) in [6.07, 6.45) is 3.39. The molecule has 1 aliphatic heterocycles. The van der Waals surface area contributed by atoms with Gasteiger partial charge in [-0.15, -0.1) is 0 Å². The third-order valence-electron chi connectivity index (χ3n) is 5.23. The molecule has 15 heteroatoms. The molecule has 4 aromatic heterocycles. The Balaban J connectivity index is 1.45. The zero-order chi connectivity index (χ0) is 24.7. The van der Waals surface area contributed by atoms with Gasteiger partial charge in [0, 0.05) is 24.7 Å². The number of rotatable bonds is 6. The van der Waals surface area contributed by atoms with Gasteiger partial charge in [0.2, 0.25) is 5.88 Å². The fraction of sp³-hybridized carbons (Fsp3) is 0.250. The standard InChI is InChI=1S/C20H15F4N7O4/c21-18(22)34-10-1-2-15(26-6-10)35-14-8-30(9-20(14,23)24)13-5-12(29-31-4-3-25-16(13)31)11-7-27-19(33)28-17(11)32/h1-7,14,18H,8-9H2,(H2,27,28,32,33)/t14-/m0/s1. The third kappa shape index (κ3) is 4.39. The largest absolute Gasteiger partial charge is 0.466 e. The number of imidazole rings is 1. The number of nitrogens with zero attached hydrogens (tertiary/aromatic N) is 5. The molecule has 11 nitrogen and oxygen atoms in total. The summed E-state index contributed by atoms with van der Waals surface area (Å²) in [4.78, 5) is 37.3. The van der Waals surface area contributed by atoms with Crippen LogP contribution in [0.25, 0.3) is 16.9 Å². The van der Waals surface area contributed by atoms with E-state index in [1.807, 2.05) is 0 Å². The van der Waals surface area contributed by atoms with Crippen LogP contribution in [-0.4, -0.2) is 61.3 Å². The minimum atomic E-state index is -3.32. The highest BCUT2D eigenvalue weighted by Crippen LogP contribution is 2.36. The molecule has 182 valence electrons. The van der Waals surface area contributed by atoms with Gasteiger partial charge in [0.15, 0.2) is 11.8 Å². The summed E-state index contributed by atoms with van der Waals surface area (Å²) in [6.45, 7) is -4.07. The molecule has 0 amide bonds. The Kier molecular flexibility index (Phi) is 5.37. The molecule has 0 aliphatic carbocycles. The van der Waals surface area contributed by atoms with E-state index in [1.165, 1.54) is 34.1 Å². The van der Waals surface area contributed by atoms with Crippen LogP contribution in [0.1, 0.15) is 0 Å². The van der Waals surface area contributed by atoms with E-state index in [4.69, 9.17) is 4.74 Å². The predicted octanol–water partition coefficient (Wildman–Crippen LogP) is 1.67. The maximum Gasteiger partial charge on any atom is 0.387 e. The zero-order valence-electron chi connectivity index (χ0n) is 17.5. The fourth-order valence-corrected chi connectivity index (χ4v) is 3.68. The van der Waals surface area contributed by atoms with Crippen molar-refractivity contribution in [2.45, 2.75) is 18.6 Å². The number of hydrogen-bond donors (Lipinski definition) is 2. The van der Waals surface area contributed by atoms with Crippen molar-refractivity contribution in [2.24, 2.45) is 0 Å². The molecule has 1 fully saturated rings. The molecular formula is C20H15F4N7O4. The molecular weight excluding hydrogens is 478 g/mol. The molecule has 5 heterocycles. The Morgan fingerprint density at radius 2 is 2.03 bits per heavy atom. The number of nitrogens with one attached hydrogen (secondary N) is 2. The predicted molar refractivity (Wildman–Crippen MR) is 112 cm³/mol. The topological polar surface area (TPSA) is 130 Å². The number of fused-ring (bicyclic) bond motifs is 1. The Bertz CT molecular complexity index is 1490. The average molecular weight is 493 g/mol. The fourth-order valence-electron chi connectivity index (χ4n) is 3.68. The molecule has 0 saturated carbocycles. The normalized spacial score (nSPS) is 17.3. The van der Waals surface area contributed by atoms with Crippen LogP contribution >= 0.6 is 0 Å². The minimum absolute atomic E-state index is 0.0236. The second-order valence-corrected chi connectivity index (χ2v) is 7.55. The van der Waals surface area contributed by atoms with Gasteiger partial charge in [0.1, 0.15) is 11.4 Å². The monoisotopic (exact) mass is 493 g/mol. The molecule has 1 saturated heterocycles. The second kappa shape index (κ2) is 8.41. The van der Waals surface area contributed by atoms with Crippen LogP contribution < -0.4 is 25.6 Å². The van der Waals surface area contributed by atoms with Gasteiger partial charge in [-0.05, 0) is 12.1 Å². The molecule has 0 bridgehead atoms. The molecule has 1 atom stereocenters. The van der Waals surface area contributed by atoms with Gasteiger partial charge >= 0.3 is 18.2 Å². The molecule has 5 rings (SSSR count). The molecule has 0 aromatic carbocycles. The third-order valence-corrected chi connectivity index (χ3v) is 5.23. The Labute approximate surface area is 192 Å². The quantitative estimate of drug-likeness (QED) is 0.388. The first-order chi connectivity index (χ1) is 16.7. The Morgan fingerprint density at radius 1 is 1.20 bits per heavy atom. The maximum atomic E-state index is 14.9. The van der Waals surface area contributed by atoms with Crippen molar-refractivity contribution in [3.05, 3.63) is 63.8 Å². The Morgan fingerprint density at radius 3 is 2.74 bits per heavy atom. The van der Waals surface area contributed by atoms with Crippen LogP contribution in [-0.2, 0) is 0 Å². The minimum Gasteiger partial charge on any atom is -0.466 e. The first kappa shape index (κ1) is 22.4. The van der Waals surface area contributed by atoms with Crippen molar-refractivity contribution < 1.29 is 27.0 Å². The number of halogens is 4. The van der Waals surface area contributed by atoms with Gasteiger partial charge in [-0.2, -0.15) is 13.9 Å². The zero-order valence-corrected chi connectivity index (χ0v) is 17.5. The van der Waals surface area contributed by atoms with Crippen LogP contribution in [0.15, 0.2) is 52.6 Å². The van der Waals surface area contributed by atoms with Crippen molar-refractivity contribution in [1.29, 1.82) is 0 Å². The molecule has 1 aliphatic rings. The van der Waals surface area contributed by atoms with E-state index in [0.717, 1.165) is 18.3 Å². The summed E-state index contributed by atoms with van der Waals surface area (Å²) in [5, 5.41) is 4.27. The van der Waals surface area contributed by atoms with Gasteiger partial charge in [-0.25, -0.2) is 28.1 Å². The van der Waals surface area contributed by atoms with Crippen LogP contribution in [0.3, 0.4) is 0 Å². The van der Waals surface area contributed by atoms with Crippen molar-refractivity contribution in [3.8, 4) is 22.9 Å². The van der Waals surface area contributed by atoms with E-state index in [-0.39, 0.29) is 40.8 Å². The first-order valence-corrected chi connectivity index (χ1v) is 10.1. The van der Waals surface area contributed by atoms with E-state index in [0.29, 0.717) is 0 Å². The lowest BCUT2D eigenvalue weighted by Gasteiger charge is -2.19. The van der Waals surface area contributed by atoms with E-state index in [2.05, 4.69) is 29.8 Å². The van der Waals surface area contributed by atoms with E-state index < -0.39 is 36.4 Å². The van der Waals surface area contributed by atoms with Crippen molar-refractivity contribution in [3.63, 3.8) is 0 Å².